The fourth-order valence-electron chi connectivity index (χ4n) is 10.3. The second-order valence-corrected chi connectivity index (χ2v) is 16.6. The summed E-state index contributed by atoms with van der Waals surface area (Å²) in [6.07, 6.45) is 7.16. The molecule has 5 N–H and O–H groups in total. The molecule has 3 bridgehead atoms. The minimum Gasteiger partial charge on any atom is -0.493 e. The summed E-state index contributed by atoms with van der Waals surface area (Å²) in [6, 6.07) is 9.93. The van der Waals surface area contributed by atoms with Crippen molar-refractivity contribution in [2.24, 2.45) is 40.7 Å². The Morgan fingerprint density at radius 2 is 1.59 bits per heavy atom. The van der Waals surface area contributed by atoms with Crippen molar-refractivity contribution in [1.82, 2.24) is 16.0 Å². The van der Waals surface area contributed by atoms with E-state index in [9.17, 15) is 19.2 Å². The molecule has 1 heterocycles. The van der Waals surface area contributed by atoms with Gasteiger partial charge in [0.25, 0.3) is 0 Å². The van der Waals surface area contributed by atoms with Crippen LogP contribution in [0.5, 0.6) is 23.0 Å². The van der Waals surface area contributed by atoms with Crippen LogP contribution in [-0.2, 0) is 31.9 Å². The summed E-state index contributed by atoms with van der Waals surface area (Å²) in [5.74, 6) is 2.75. The number of benzene rings is 2. The number of amides is 3. The van der Waals surface area contributed by atoms with Crippen LogP contribution in [-0.4, -0.2) is 83.3 Å². The Balaban J connectivity index is 0.897. The van der Waals surface area contributed by atoms with E-state index >= 15 is 0 Å². The first kappa shape index (κ1) is 40.9. The molecule has 4 fully saturated rings. The number of alkyl carbamates (subject to hydrolysis) is 1. The van der Waals surface area contributed by atoms with E-state index in [0.29, 0.717) is 60.9 Å². The molecule has 5 unspecified atom stereocenters. The van der Waals surface area contributed by atoms with Crippen LogP contribution in [0.3, 0.4) is 0 Å². The molecule has 6 rings (SSSR count). The maximum absolute atomic E-state index is 12.9. The topological polar surface area (TPSA) is 186 Å². The third kappa shape index (κ3) is 9.45. The average molecular weight is 779 g/mol. The van der Waals surface area contributed by atoms with Crippen LogP contribution in [0, 0.1) is 35.0 Å². The molecule has 3 aliphatic carbocycles. The predicted molar refractivity (Wildman–Crippen MR) is 207 cm³/mol. The molecular weight excluding hydrogens is 720 g/mol. The van der Waals surface area contributed by atoms with Gasteiger partial charge in [0.2, 0.25) is 5.91 Å². The van der Waals surface area contributed by atoms with Crippen LogP contribution in [0.2, 0.25) is 0 Å². The number of methoxy groups -OCH3 is 3. The van der Waals surface area contributed by atoms with Gasteiger partial charge in [-0.2, -0.15) is 0 Å². The fraction of sp³-hybridized carbons (Fsp3) is 0.619. The molecule has 56 heavy (non-hydrogen) atoms. The minimum absolute atomic E-state index is 0.0164. The Morgan fingerprint density at radius 1 is 0.893 bits per heavy atom. The van der Waals surface area contributed by atoms with E-state index in [-0.39, 0.29) is 54.2 Å². The van der Waals surface area contributed by atoms with Crippen LogP contribution in [0.1, 0.15) is 69.9 Å². The molecule has 4 aliphatic rings. The largest absolute Gasteiger partial charge is 0.493 e. The van der Waals surface area contributed by atoms with E-state index in [0.717, 1.165) is 30.4 Å². The molecule has 14 nitrogen and oxygen atoms in total. The molecule has 14 heteroatoms. The first-order valence-corrected chi connectivity index (χ1v) is 19.8. The Morgan fingerprint density at radius 3 is 2.36 bits per heavy atom. The van der Waals surface area contributed by atoms with Crippen LogP contribution < -0.4 is 40.6 Å². The normalized spacial score (nSPS) is 28.0. The maximum Gasteiger partial charge on any atom is 0.412 e. The second kappa shape index (κ2) is 17.6. The van der Waals surface area contributed by atoms with E-state index in [1.54, 1.807) is 26.4 Å². The van der Waals surface area contributed by atoms with Gasteiger partial charge in [-0.3, -0.25) is 9.59 Å². The van der Waals surface area contributed by atoms with Crippen molar-refractivity contribution in [1.29, 1.82) is 0 Å². The number of rotatable bonds is 16. The van der Waals surface area contributed by atoms with Gasteiger partial charge in [-0.15, -0.1) is 0 Å². The quantitative estimate of drug-likeness (QED) is 0.134. The third-order valence-electron chi connectivity index (χ3n) is 12.6. The Labute approximate surface area is 329 Å². The second-order valence-electron chi connectivity index (χ2n) is 16.6. The standard InChI is InChI=1S/C42H58N4O10/c1-25-19-42(21-28-7-11-31(25)41(2,20-28)24-42)46-40(50)55-23-32(43)37(47)44-14-15-45-39(49)56-34-13-8-26(17-36(34)53-5)6-10-30-29(22-54-38(30)48)16-27-9-12-33(51-3)35(18-27)52-4/h8-9,12-13,17-18,25,28-32H,6-7,10-11,14-16,19-24,43H2,1-5H3,(H,44,47)(H,45,49)(H,46,50)/t25?,28?,29-,30+,31?,32-,41?,42?/m0/s1. The van der Waals surface area contributed by atoms with Gasteiger partial charge in [0, 0.05) is 24.5 Å². The van der Waals surface area contributed by atoms with Gasteiger partial charge in [0.15, 0.2) is 23.0 Å². The summed E-state index contributed by atoms with van der Waals surface area (Å²) >= 11 is 0. The van der Waals surface area contributed by atoms with E-state index in [1.165, 1.54) is 26.4 Å². The van der Waals surface area contributed by atoms with Gasteiger partial charge in [-0.25, -0.2) is 9.59 Å². The smallest absolute Gasteiger partial charge is 0.412 e. The molecule has 2 aromatic carbocycles. The number of nitrogens with one attached hydrogen (secondary N) is 3. The molecule has 2 aromatic rings. The van der Waals surface area contributed by atoms with Crippen molar-refractivity contribution < 1.29 is 47.6 Å². The molecule has 8 atom stereocenters. The van der Waals surface area contributed by atoms with Gasteiger partial charge in [-0.05, 0) is 110 Å². The molecule has 3 saturated carbocycles. The highest BCUT2D eigenvalue weighted by Crippen LogP contribution is 2.62. The van der Waals surface area contributed by atoms with Crippen molar-refractivity contribution in [3.05, 3.63) is 47.5 Å². The van der Waals surface area contributed by atoms with E-state index in [2.05, 4.69) is 29.8 Å². The highest BCUT2D eigenvalue weighted by molar-refractivity contribution is 5.82. The zero-order valence-electron chi connectivity index (χ0n) is 33.3. The summed E-state index contributed by atoms with van der Waals surface area (Å²) in [4.78, 5) is 50.7. The number of nitrogens with two attached hydrogens (primary N) is 1. The zero-order valence-corrected chi connectivity index (χ0v) is 33.3. The van der Waals surface area contributed by atoms with Gasteiger partial charge in [-0.1, -0.05) is 32.4 Å². The Bertz CT molecular complexity index is 1750. The first-order chi connectivity index (χ1) is 26.8. The summed E-state index contributed by atoms with van der Waals surface area (Å²) in [5.41, 5.74) is 7.94. The number of carbonyl (C=O) groups is 4. The molecule has 0 aromatic heterocycles. The van der Waals surface area contributed by atoms with E-state index < -0.39 is 24.1 Å². The predicted octanol–water partition coefficient (Wildman–Crippen LogP) is 4.93. The lowest BCUT2D eigenvalue weighted by atomic mass is 9.45. The summed E-state index contributed by atoms with van der Waals surface area (Å²) in [5, 5.41) is 8.43. The fourth-order valence-corrected chi connectivity index (χ4v) is 10.3. The molecule has 1 saturated heterocycles. The lowest BCUT2D eigenvalue weighted by Crippen LogP contribution is -2.63. The highest BCUT2D eigenvalue weighted by Gasteiger charge is 2.58. The summed E-state index contributed by atoms with van der Waals surface area (Å²) in [7, 11) is 4.66. The van der Waals surface area contributed by atoms with Gasteiger partial charge < -0.3 is 50.1 Å². The highest BCUT2D eigenvalue weighted by atomic mass is 16.6. The first-order valence-electron chi connectivity index (χ1n) is 19.8. The molecule has 3 amide bonds. The molecule has 0 spiro atoms. The number of aryl methyl sites for hydroxylation is 1. The molecule has 306 valence electrons. The number of hydrogen-bond acceptors (Lipinski definition) is 11. The van der Waals surface area contributed by atoms with Crippen molar-refractivity contribution >= 4 is 24.1 Å². The van der Waals surface area contributed by atoms with Gasteiger partial charge in [0.05, 0.1) is 33.9 Å². The van der Waals surface area contributed by atoms with Crippen molar-refractivity contribution in [3.63, 3.8) is 0 Å². The van der Waals surface area contributed by atoms with Gasteiger partial charge >= 0.3 is 18.2 Å². The Kier molecular flexibility index (Phi) is 12.9. The maximum atomic E-state index is 12.9. The summed E-state index contributed by atoms with van der Waals surface area (Å²) < 4.78 is 32.6. The van der Waals surface area contributed by atoms with Crippen LogP contribution >= 0.6 is 0 Å². The van der Waals surface area contributed by atoms with Crippen LogP contribution in [0.15, 0.2) is 36.4 Å². The lowest BCUT2D eigenvalue weighted by Gasteiger charge is -2.62. The van der Waals surface area contributed by atoms with E-state index in [1.807, 2.05) is 24.3 Å². The number of hydrogen-bond donors (Lipinski definition) is 4. The number of esters is 1. The van der Waals surface area contributed by atoms with Crippen molar-refractivity contribution in [3.8, 4) is 23.0 Å². The molecule has 1 aliphatic heterocycles. The number of fused-ring (bicyclic) bond motifs is 2. The van der Waals surface area contributed by atoms with Crippen molar-refractivity contribution in [2.75, 3.05) is 47.6 Å². The lowest BCUT2D eigenvalue weighted by molar-refractivity contribution is -0.141. The van der Waals surface area contributed by atoms with Crippen molar-refractivity contribution in [2.45, 2.75) is 83.2 Å². The summed E-state index contributed by atoms with van der Waals surface area (Å²) in [6.45, 7) is 4.93. The molecular formula is C42H58N4O10. The average Bonchev–Trinajstić information content (AvgIpc) is 3.51. The SMILES string of the molecule is COc1ccc(C[C@H]2COC(=O)[C@@H]2CCc2ccc(OC(=O)NCCNC(=O)[C@@H](N)COC(=O)NC34CC5CCC(C(C)C3)C(C)(C5)C4)c(OC)c2)cc1OC. The third-order valence-corrected chi connectivity index (χ3v) is 12.6. The van der Waals surface area contributed by atoms with Crippen LogP contribution in [0.4, 0.5) is 9.59 Å². The monoisotopic (exact) mass is 778 g/mol. The van der Waals surface area contributed by atoms with Gasteiger partial charge in [0.1, 0.15) is 12.6 Å². The van der Waals surface area contributed by atoms with Crippen LogP contribution in [0.25, 0.3) is 0 Å². The zero-order chi connectivity index (χ0) is 40.0. The number of carbonyl (C=O) groups excluding carboxylic acids is 4. The Hall–Kier alpha value is -4.72. The molecule has 0 radical (unpaired) electrons. The number of cyclic esters (lactones) is 1. The number of ether oxygens (including phenoxy) is 6. The minimum atomic E-state index is -1.06. The van der Waals surface area contributed by atoms with E-state index in [4.69, 9.17) is 34.2 Å².